The van der Waals surface area contributed by atoms with Crippen LogP contribution in [0.25, 0.3) is 0 Å². The van der Waals surface area contributed by atoms with Gasteiger partial charge in [-0.05, 0) is 22.6 Å². The van der Waals surface area contributed by atoms with E-state index in [9.17, 15) is 17.6 Å². The maximum absolute atomic E-state index is 12.5. The highest BCUT2D eigenvalue weighted by atomic mass is 127. The number of hydrogen-bond acceptors (Lipinski definition) is 1. The van der Waals surface area contributed by atoms with Crippen LogP contribution < -0.4 is 0 Å². The van der Waals surface area contributed by atoms with Crippen molar-refractivity contribution in [2.45, 2.75) is 0 Å². The molecule has 0 radical (unpaired) electrons. The highest BCUT2D eigenvalue weighted by Crippen LogP contribution is 2.29. The average molecular weight is 292 g/mol. The van der Waals surface area contributed by atoms with Crippen LogP contribution in [-0.4, -0.2) is 5.11 Å². The lowest BCUT2D eigenvalue weighted by Crippen LogP contribution is -1.99. The summed E-state index contributed by atoms with van der Waals surface area (Å²) in [6.45, 7) is 0. The first-order valence-electron chi connectivity index (χ1n) is 2.67. The molecule has 6 heteroatoms. The van der Waals surface area contributed by atoms with Crippen molar-refractivity contribution in [1.29, 1.82) is 0 Å². The number of phenols is 1. The van der Waals surface area contributed by atoms with Gasteiger partial charge in [0.25, 0.3) is 0 Å². The van der Waals surface area contributed by atoms with Crippen LogP contribution in [0, 0.1) is 26.8 Å². The summed E-state index contributed by atoms with van der Waals surface area (Å²) in [7, 11) is 0. The van der Waals surface area contributed by atoms with Crippen LogP contribution in [0.15, 0.2) is 0 Å². The first-order chi connectivity index (χ1) is 5.46. The van der Waals surface area contributed by atoms with Gasteiger partial charge in [0.15, 0.2) is 17.4 Å². The Morgan fingerprint density at radius 3 is 1.75 bits per heavy atom. The zero-order valence-electron chi connectivity index (χ0n) is 5.34. The van der Waals surface area contributed by atoms with Gasteiger partial charge in [0.1, 0.15) is 0 Å². The van der Waals surface area contributed by atoms with Crippen molar-refractivity contribution in [1.82, 2.24) is 0 Å². The van der Waals surface area contributed by atoms with Crippen LogP contribution in [0.1, 0.15) is 0 Å². The highest BCUT2D eigenvalue weighted by Gasteiger charge is 2.23. The van der Waals surface area contributed by atoms with E-state index < -0.39 is 32.6 Å². The van der Waals surface area contributed by atoms with Gasteiger partial charge in [0.2, 0.25) is 11.6 Å². The normalized spacial score (nSPS) is 10.4. The maximum atomic E-state index is 12.5. The van der Waals surface area contributed by atoms with E-state index in [1.54, 1.807) is 0 Å². The van der Waals surface area contributed by atoms with Crippen molar-refractivity contribution in [3.63, 3.8) is 0 Å². The fourth-order valence-electron chi connectivity index (χ4n) is 0.593. The summed E-state index contributed by atoms with van der Waals surface area (Å²) in [6, 6.07) is 0. The SMILES string of the molecule is Oc1c(F)c(F)c(F)c(F)c1I. The number of halogens is 5. The molecule has 1 aromatic rings. The van der Waals surface area contributed by atoms with Crippen molar-refractivity contribution < 1.29 is 22.7 Å². The molecule has 0 fully saturated rings. The van der Waals surface area contributed by atoms with Crippen molar-refractivity contribution in [3.8, 4) is 5.75 Å². The molecule has 0 amide bonds. The third kappa shape index (κ3) is 1.23. The summed E-state index contributed by atoms with van der Waals surface area (Å²) in [4.78, 5) is 0. The van der Waals surface area contributed by atoms with E-state index in [-0.39, 0.29) is 0 Å². The van der Waals surface area contributed by atoms with Crippen molar-refractivity contribution in [2.75, 3.05) is 0 Å². The Morgan fingerprint density at radius 1 is 0.833 bits per heavy atom. The molecule has 1 N–H and O–H groups in total. The van der Waals surface area contributed by atoms with Gasteiger partial charge >= 0.3 is 0 Å². The molecule has 66 valence electrons. The van der Waals surface area contributed by atoms with E-state index in [0.717, 1.165) is 0 Å². The molecule has 1 rings (SSSR count). The molecular weight excluding hydrogens is 291 g/mol. The fraction of sp³-hybridized carbons (Fsp3) is 0. The van der Waals surface area contributed by atoms with E-state index >= 15 is 0 Å². The molecule has 1 nitrogen and oxygen atoms in total. The van der Waals surface area contributed by atoms with Gasteiger partial charge in [-0.15, -0.1) is 0 Å². The molecule has 0 aromatic heterocycles. The average Bonchev–Trinajstić information content (AvgIpc) is 2.08. The van der Waals surface area contributed by atoms with Crippen LogP contribution in [0.3, 0.4) is 0 Å². The standard InChI is InChI=1S/C6HF4IO/c7-1-2(8)4(10)6(12)5(11)3(1)9/h12H. The second kappa shape index (κ2) is 3.08. The van der Waals surface area contributed by atoms with E-state index in [1.165, 1.54) is 22.6 Å². The smallest absolute Gasteiger partial charge is 0.204 e. The van der Waals surface area contributed by atoms with Crippen LogP contribution >= 0.6 is 22.6 Å². The van der Waals surface area contributed by atoms with Gasteiger partial charge < -0.3 is 5.11 Å². The predicted octanol–water partition coefficient (Wildman–Crippen LogP) is 2.55. The zero-order valence-corrected chi connectivity index (χ0v) is 7.49. The molecule has 0 heterocycles. The lowest BCUT2D eigenvalue weighted by atomic mass is 10.3. The first kappa shape index (κ1) is 9.56. The second-order valence-corrected chi connectivity index (χ2v) is 3.00. The van der Waals surface area contributed by atoms with E-state index in [1.807, 2.05) is 0 Å². The lowest BCUT2D eigenvalue weighted by molar-refractivity contribution is 0.360. The van der Waals surface area contributed by atoms with Crippen LogP contribution in [0.5, 0.6) is 5.75 Å². The van der Waals surface area contributed by atoms with E-state index in [4.69, 9.17) is 5.11 Å². The first-order valence-corrected chi connectivity index (χ1v) is 3.75. The summed E-state index contributed by atoms with van der Waals surface area (Å²) >= 11 is 1.17. The Morgan fingerprint density at radius 2 is 1.25 bits per heavy atom. The summed E-state index contributed by atoms with van der Waals surface area (Å²) in [6.07, 6.45) is 0. The van der Waals surface area contributed by atoms with Crippen molar-refractivity contribution in [3.05, 3.63) is 26.8 Å². The molecule has 0 aliphatic heterocycles. The van der Waals surface area contributed by atoms with E-state index in [0.29, 0.717) is 0 Å². The lowest BCUT2D eigenvalue weighted by Gasteiger charge is -2.02. The Labute approximate surface area is 78.1 Å². The summed E-state index contributed by atoms with van der Waals surface area (Å²) in [5.41, 5.74) is 0. The second-order valence-electron chi connectivity index (χ2n) is 1.92. The molecule has 0 aliphatic rings. The van der Waals surface area contributed by atoms with Gasteiger partial charge in [-0.2, -0.15) is 4.39 Å². The van der Waals surface area contributed by atoms with Gasteiger partial charge in [-0.1, -0.05) is 0 Å². The number of hydrogen-bond donors (Lipinski definition) is 1. The van der Waals surface area contributed by atoms with E-state index in [2.05, 4.69) is 0 Å². The predicted molar refractivity (Wildman–Crippen MR) is 40.7 cm³/mol. The molecule has 0 spiro atoms. The quantitative estimate of drug-likeness (QED) is 0.337. The number of phenolic OH excluding ortho intramolecular Hbond substituents is 1. The van der Waals surface area contributed by atoms with Crippen molar-refractivity contribution in [2.24, 2.45) is 0 Å². The Kier molecular flexibility index (Phi) is 2.45. The number of benzene rings is 1. The Bertz CT molecular complexity index is 234. The van der Waals surface area contributed by atoms with Gasteiger partial charge in [0, 0.05) is 0 Å². The van der Waals surface area contributed by atoms with Crippen molar-refractivity contribution >= 4 is 22.6 Å². The maximum Gasteiger partial charge on any atom is 0.204 e. The highest BCUT2D eigenvalue weighted by molar-refractivity contribution is 14.1. The Balaban J connectivity index is 3.60. The molecule has 12 heavy (non-hydrogen) atoms. The Hall–Kier alpha value is -0.530. The molecular formula is C6HF4IO. The zero-order chi connectivity index (χ0) is 9.46. The molecule has 1 aromatic carbocycles. The number of aromatic hydroxyl groups is 1. The summed E-state index contributed by atoms with van der Waals surface area (Å²) in [5, 5.41) is 8.66. The van der Waals surface area contributed by atoms with Gasteiger partial charge in [-0.25, -0.2) is 13.2 Å². The molecule has 0 bridgehead atoms. The molecule has 0 saturated carbocycles. The summed E-state index contributed by atoms with van der Waals surface area (Å²) in [5.74, 6) is -8.52. The molecule has 0 saturated heterocycles. The van der Waals surface area contributed by atoms with Crippen LogP contribution in [0.2, 0.25) is 0 Å². The minimum absolute atomic E-state index is 0.677. The summed E-state index contributed by atoms with van der Waals surface area (Å²) < 4.78 is 48.8. The monoisotopic (exact) mass is 292 g/mol. The van der Waals surface area contributed by atoms with Crippen LogP contribution in [0.4, 0.5) is 17.6 Å². The molecule has 0 aliphatic carbocycles. The number of rotatable bonds is 0. The molecule has 0 unspecified atom stereocenters. The minimum Gasteiger partial charge on any atom is -0.504 e. The van der Waals surface area contributed by atoms with Gasteiger partial charge in [-0.3, -0.25) is 0 Å². The molecule has 0 atom stereocenters. The van der Waals surface area contributed by atoms with Gasteiger partial charge in [0.05, 0.1) is 3.57 Å². The largest absolute Gasteiger partial charge is 0.504 e. The fourth-order valence-corrected chi connectivity index (χ4v) is 1.07. The third-order valence-electron chi connectivity index (χ3n) is 1.19. The van der Waals surface area contributed by atoms with Crippen LogP contribution in [-0.2, 0) is 0 Å². The topological polar surface area (TPSA) is 20.2 Å². The third-order valence-corrected chi connectivity index (χ3v) is 2.17. The minimum atomic E-state index is -2.01.